The smallest absolute Gasteiger partial charge is 0.266 e. The van der Waals surface area contributed by atoms with Crippen LogP contribution in [0.3, 0.4) is 0 Å². The molecule has 0 aliphatic heterocycles. The molecular weight excluding hydrogens is 482 g/mol. The van der Waals surface area contributed by atoms with Crippen LogP contribution in [0.25, 0.3) is 16.6 Å². The molecule has 6 nitrogen and oxygen atoms in total. The fourth-order valence-corrected chi connectivity index (χ4v) is 5.20. The first-order valence-electron chi connectivity index (χ1n) is 12.1. The van der Waals surface area contributed by atoms with Crippen LogP contribution in [0.4, 0.5) is 0 Å². The van der Waals surface area contributed by atoms with Crippen molar-refractivity contribution in [3.8, 4) is 11.4 Å². The fraction of sp³-hybridized carbons (Fsp3) is 0.167. The summed E-state index contributed by atoms with van der Waals surface area (Å²) in [4.78, 5) is 35.0. The number of para-hydroxylation sites is 3. The molecule has 37 heavy (non-hydrogen) atoms. The number of hydrogen-bond donors (Lipinski definition) is 0. The van der Waals surface area contributed by atoms with Gasteiger partial charge in [0.2, 0.25) is 0 Å². The van der Waals surface area contributed by atoms with Gasteiger partial charge in [0.05, 0.1) is 34.6 Å². The second-order valence-electron chi connectivity index (χ2n) is 8.69. The number of benzene rings is 3. The Hall–Kier alpha value is -4.23. The maximum absolute atomic E-state index is 13.9. The van der Waals surface area contributed by atoms with E-state index in [-0.39, 0.29) is 11.5 Å². The molecule has 186 valence electrons. The number of methoxy groups -OCH3 is 1. The van der Waals surface area contributed by atoms with Crippen molar-refractivity contribution in [3.63, 3.8) is 0 Å². The van der Waals surface area contributed by atoms with Crippen molar-refractivity contribution in [2.75, 3.05) is 13.7 Å². The van der Waals surface area contributed by atoms with Crippen LogP contribution in [0.5, 0.6) is 5.75 Å². The summed E-state index contributed by atoms with van der Waals surface area (Å²) < 4.78 is 7.19. The number of fused-ring (bicyclic) bond motifs is 1. The van der Waals surface area contributed by atoms with E-state index >= 15 is 0 Å². The molecule has 0 aliphatic rings. The lowest BCUT2D eigenvalue weighted by molar-refractivity contribution is 0.0688. The van der Waals surface area contributed by atoms with Gasteiger partial charge in [-0.2, -0.15) is 0 Å². The van der Waals surface area contributed by atoms with Gasteiger partial charge in [-0.05, 0) is 54.6 Å². The summed E-state index contributed by atoms with van der Waals surface area (Å²) in [6.45, 7) is 2.40. The number of hydrogen-bond acceptors (Lipinski definition) is 5. The average Bonchev–Trinajstić information content (AvgIpc) is 3.49. The number of carbonyl (C=O) groups excluding carboxylic acids is 1. The van der Waals surface area contributed by atoms with Crippen LogP contribution in [-0.4, -0.2) is 34.0 Å². The number of carbonyl (C=O) groups is 1. The fourth-order valence-electron chi connectivity index (χ4n) is 4.52. The van der Waals surface area contributed by atoms with Crippen molar-refractivity contribution < 1.29 is 9.53 Å². The molecular formula is C30H27N3O3S. The maximum atomic E-state index is 13.9. The van der Waals surface area contributed by atoms with Crippen molar-refractivity contribution in [3.05, 3.63) is 123 Å². The maximum Gasteiger partial charge on any atom is 0.266 e. The van der Waals surface area contributed by atoms with Crippen molar-refractivity contribution in [2.24, 2.45) is 0 Å². The molecule has 5 aromatic rings. The minimum Gasteiger partial charge on any atom is -0.495 e. The molecule has 7 heteroatoms. The molecule has 5 rings (SSSR count). The van der Waals surface area contributed by atoms with Crippen molar-refractivity contribution in [1.29, 1.82) is 0 Å². The lowest BCUT2D eigenvalue weighted by Crippen LogP contribution is -2.38. The van der Waals surface area contributed by atoms with Crippen LogP contribution in [0.2, 0.25) is 0 Å². The van der Waals surface area contributed by atoms with E-state index in [0.29, 0.717) is 46.0 Å². The Balaban J connectivity index is 1.67. The molecule has 0 spiro atoms. The number of ether oxygens (including phenoxy) is 1. The monoisotopic (exact) mass is 509 g/mol. The van der Waals surface area contributed by atoms with Crippen molar-refractivity contribution in [2.45, 2.75) is 19.4 Å². The van der Waals surface area contributed by atoms with E-state index in [1.54, 1.807) is 22.6 Å². The van der Waals surface area contributed by atoms with E-state index < -0.39 is 6.04 Å². The quantitative estimate of drug-likeness (QED) is 0.261. The summed E-state index contributed by atoms with van der Waals surface area (Å²) in [5, 5.41) is 2.40. The Morgan fingerprint density at radius 1 is 0.973 bits per heavy atom. The number of nitrogens with zero attached hydrogens (tertiary/aromatic N) is 3. The molecule has 3 aromatic carbocycles. The molecule has 2 aromatic heterocycles. The molecule has 1 amide bonds. The van der Waals surface area contributed by atoms with E-state index in [1.807, 2.05) is 85.1 Å². The standard InChI is InChI=1S/C30H27N3O3S/c1-21(32(30(35)27-17-10-20-37-27)19-18-22-11-4-3-5-12-22)28-31-24-14-7-6-13-23(24)29(34)33(28)25-15-8-9-16-26(25)36-2/h3-17,20-21H,18-19H2,1-2H3. The minimum atomic E-state index is -0.500. The molecule has 1 unspecified atom stereocenters. The van der Waals surface area contributed by atoms with E-state index in [9.17, 15) is 9.59 Å². The van der Waals surface area contributed by atoms with E-state index in [2.05, 4.69) is 12.1 Å². The summed E-state index contributed by atoms with van der Waals surface area (Å²) in [6, 6.07) is 27.9. The molecule has 0 saturated carbocycles. The predicted molar refractivity (Wildman–Crippen MR) is 148 cm³/mol. The SMILES string of the molecule is COc1ccccc1-n1c(C(C)N(CCc2ccccc2)C(=O)c2cccs2)nc2ccccc2c1=O. The normalized spacial score (nSPS) is 11.8. The highest BCUT2D eigenvalue weighted by atomic mass is 32.1. The van der Waals surface area contributed by atoms with Gasteiger partial charge in [-0.3, -0.25) is 14.2 Å². The third-order valence-electron chi connectivity index (χ3n) is 6.45. The van der Waals surface area contributed by atoms with Gasteiger partial charge >= 0.3 is 0 Å². The van der Waals surface area contributed by atoms with Gasteiger partial charge in [0.1, 0.15) is 11.6 Å². The minimum absolute atomic E-state index is 0.0904. The lowest BCUT2D eigenvalue weighted by Gasteiger charge is -2.30. The predicted octanol–water partition coefficient (Wildman–Crippen LogP) is 5.90. The molecule has 0 aliphatic carbocycles. The van der Waals surface area contributed by atoms with Crippen molar-refractivity contribution in [1.82, 2.24) is 14.5 Å². The van der Waals surface area contributed by atoms with Gasteiger partial charge in [-0.15, -0.1) is 11.3 Å². The third-order valence-corrected chi connectivity index (χ3v) is 7.30. The van der Waals surface area contributed by atoms with E-state index in [4.69, 9.17) is 9.72 Å². The van der Waals surface area contributed by atoms with Gasteiger partial charge in [0, 0.05) is 6.54 Å². The van der Waals surface area contributed by atoms with Crippen LogP contribution in [0.1, 0.15) is 34.0 Å². The van der Waals surface area contributed by atoms with Gasteiger partial charge in [-0.1, -0.05) is 60.7 Å². The summed E-state index contributed by atoms with van der Waals surface area (Å²) >= 11 is 1.41. The number of aromatic nitrogens is 2. The highest BCUT2D eigenvalue weighted by Crippen LogP contribution is 2.29. The first-order chi connectivity index (χ1) is 18.1. The van der Waals surface area contributed by atoms with Gasteiger partial charge in [0.25, 0.3) is 11.5 Å². The molecule has 0 bridgehead atoms. The number of thiophene rings is 1. The molecule has 0 N–H and O–H groups in total. The van der Waals surface area contributed by atoms with Gasteiger partial charge in [-0.25, -0.2) is 4.98 Å². The topological polar surface area (TPSA) is 64.4 Å². The molecule has 0 radical (unpaired) electrons. The molecule has 2 heterocycles. The van der Waals surface area contributed by atoms with E-state index in [1.165, 1.54) is 11.3 Å². The largest absolute Gasteiger partial charge is 0.495 e. The molecule has 0 fully saturated rings. The summed E-state index contributed by atoms with van der Waals surface area (Å²) in [5.41, 5.74) is 2.10. The second kappa shape index (κ2) is 10.8. The molecule has 0 saturated heterocycles. The Kier molecular flexibility index (Phi) is 7.14. The Morgan fingerprint density at radius 3 is 2.46 bits per heavy atom. The van der Waals surface area contributed by atoms with Crippen LogP contribution in [-0.2, 0) is 6.42 Å². The number of rotatable bonds is 8. The van der Waals surface area contributed by atoms with Gasteiger partial charge in [0.15, 0.2) is 0 Å². The highest BCUT2D eigenvalue weighted by molar-refractivity contribution is 7.12. The number of amides is 1. The van der Waals surface area contributed by atoms with Crippen molar-refractivity contribution >= 4 is 28.1 Å². The van der Waals surface area contributed by atoms with Crippen LogP contribution >= 0.6 is 11.3 Å². The first-order valence-corrected chi connectivity index (χ1v) is 13.0. The zero-order valence-corrected chi connectivity index (χ0v) is 21.5. The summed E-state index contributed by atoms with van der Waals surface area (Å²) in [5.74, 6) is 0.939. The Labute approximate surface area is 219 Å². The van der Waals surface area contributed by atoms with Crippen LogP contribution in [0.15, 0.2) is 101 Å². The van der Waals surface area contributed by atoms with Crippen LogP contribution in [0, 0.1) is 0 Å². The first kappa shape index (κ1) is 24.5. The van der Waals surface area contributed by atoms with Crippen LogP contribution < -0.4 is 10.3 Å². The molecule has 1 atom stereocenters. The zero-order chi connectivity index (χ0) is 25.8. The average molecular weight is 510 g/mol. The second-order valence-corrected chi connectivity index (χ2v) is 9.63. The Morgan fingerprint density at radius 2 is 1.70 bits per heavy atom. The zero-order valence-electron chi connectivity index (χ0n) is 20.7. The lowest BCUT2D eigenvalue weighted by atomic mass is 10.1. The summed E-state index contributed by atoms with van der Waals surface area (Å²) in [7, 11) is 1.58. The van der Waals surface area contributed by atoms with E-state index in [0.717, 1.165) is 5.56 Å². The third kappa shape index (κ3) is 4.90. The van der Waals surface area contributed by atoms with Gasteiger partial charge < -0.3 is 9.64 Å². The Bertz CT molecular complexity index is 1580. The highest BCUT2D eigenvalue weighted by Gasteiger charge is 2.28. The summed E-state index contributed by atoms with van der Waals surface area (Å²) in [6.07, 6.45) is 0.675.